The van der Waals surface area contributed by atoms with Crippen molar-refractivity contribution in [2.24, 2.45) is 0 Å². The molecule has 0 radical (unpaired) electrons. The Hall–Kier alpha value is -2.36. The van der Waals surface area contributed by atoms with Gasteiger partial charge in [0.2, 0.25) is 0 Å². The summed E-state index contributed by atoms with van der Waals surface area (Å²) in [6, 6.07) is 11.6. The second kappa shape index (κ2) is 10.1. The molecule has 0 atom stereocenters. The zero-order valence-corrected chi connectivity index (χ0v) is 17.2. The van der Waals surface area contributed by atoms with Gasteiger partial charge in [-0.05, 0) is 58.5 Å². The van der Waals surface area contributed by atoms with Gasteiger partial charge in [-0.2, -0.15) is 0 Å². The number of nitrogens with one attached hydrogen (secondary N) is 3. The van der Waals surface area contributed by atoms with Crippen LogP contribution in [-0.2, 0) is 4.79 Å². The molecule has 142 valence electrons. The van der Waals surface area contributed by atoms with Crippen molar-refractivity contribution >= 4 is 56.7 Å². The predicted octanol–water partition coefficient (Wildman–Crippen LogP) is 2.83. The molecule has 0 aliphatic rings. The molecule has 0 aliphatic heterocycles. The molecule has 2 aromatic rings. The highest BCUT2D eigenvalue weighted by Crippen LogP contribution is 2.25. The molecule has 0 heterocycles. The van der Waals surface area contributed by atoms with Gasteiger partial charge in [0, 0.05) is 5.56 Å². The van der Waals surface area contributed by atoms with Crippen LogP contribution < -0.4 is 25.6 Å². The largest absolute Gasteiger partial charge is 0.496 e. The molecular weight excluding hydrogens is 458 g/mol. The molecule has 0 spiro atoms. The lowest BCUT2D eigenvalue weighted by molar-refractivity contribution is -0.123. The van der Waals surface area contributed by atoms with Crippen molar-refractivity contribution in [3.8, 4) is 11.5 Å². The molecule has 0 bridgehead atoms. The monoisotopic (exact) mass is 471 g/mol. The maximum atomic E-state index is 12.1. The molecule has 27 heavy (non-hydrogen) atoms. The van der Waals surface area contributed by atoms with Crippen LogP contribution in [0.5, 0.6) is 11.5 Å². The third-order valence-electron chi connectivity index (χ3n) is 3.15. The van der Waals surface area contributed by atoms with Crippen molar-refractivity contribution in [1.82, 2.24) is 16.2 Å². The molecule has 0 saturated carbocycles. The topological polar surface area (TPSA) is 88.7 Å². The summed E-state index contributed by atoms with van der Waals surface area (Å²) in [5, 5.41) is 2.77. The number of rotatable bonds is 5. The highest BCUT2D eigenvalue weighted by Gasteiger charge is 2.11. The summed E-state index contributed by atoms with van der Waals surface area (Å²) in [5.41, 5.74) is 5.10. The standard InChI is InChI=1S/C17H15BrClN3O4S/c1-25-13-7-6-10(8-11(13)18)16(24)20-17(27)22-21-15(23)9-26-14-5-3-2-4-12(14)19/h2-8H,9H2,1H3,(H,21,23)(H2,20,22,24,27). The van der Waals surface area contributed by atoms with Gasteiger partial charge in [0.15, 0.2) is 11.7 Å². The minimum absolute atomic E-state index is 0.0713. The summed E-state index contributed by atoms with van der Waals surface area (Å²) in [6.07, 6.45) is 0. The summed E-state index contributed by atoms with van der Waals surface area (Å²) >= 11 is 14.2. The molecule has 3 N–H and O–H groups in total. The van der Waals surface area contributed by atoms with Gasteiger partial charge in [-0.3, -0.25) is 25.8 Å². The van der Waals surface area contributed by atoms with Gasteiger partial charge in [-0.1, -0.05) is 23.7 Å². The fourth-order valence-electron chi connectivity index (χ4n) is 1.88. The molecule has 0 fully saturated rings. The zero-order valence-electron chi connectivity index (χ0n) is 14.0. The fraction of sp³-hybridized carbons (Fsp3) is 0.118. The molecule has 0 aliphatic carbocycles. The summed E-state index contributed by atoms with van der Waals surface area (Å²) in [4.78, 5) is 23.9. The van der Waals surface area contributed by atoms with Crippen molar-refractivity contribution in [3.63, 3.8) is 0 Å². The molecule has 2 amide bonds. The van der Waals surface area contributed by atoms with Crippen LogP contribution in [0.1, 0.15) is 10.4 Å². The van der Waals surface area contributed by atoms with Gasteiger partial charge < -0.3 is 9.47 Å². The maximum absolute atomic E-state index is 12.1. The number of benzene rings is 2. The molecule has 2 aromatic carbocycles. The quantitative estimate of drug-likeness (QED) is 0.458. The third-order valence-corrected chi connectivity index (χ3v) is 4.29. The normalized spacial score (nSPS) is 9.89. The smallest absolute Gasteiger partial charge is 0.276 e. The van der Waals surface area contributed by atoms with Gasteiger partial charge in [-0.25, -0.2) is 0 Å². The van der Waals surface area contributed by atoms with E-state index < -0.39 is 11.8 Å². The van der Waals surface area contributed by atoms with Crippen molar-refractivity contribution in [1.29, 1.82) is 0 Å². The first kappa shape index (κ1) is 20.9. The Balaban J connectivity index is 1.78. The Bertz CT molecular complexity index is 866. The van der Waals surface area contributed by atoms with Gasteiger partial charge in [0.1, 0.15) is 11.5 Å². The van der Waals surface area contributed by atoms with Gasteiger partial charge in [0.05, 0.1) is 16.6 Å². The lowest BCUT2D eigenvalue weighted by Gasteiger charge is -2.12. The van der Waals surface area contributed by atoms with E-state index in [0.29, 0.717) is 26.6 Å². The Labute approximate surface area is 174 Å². The van der Waals surface area contributed by atoms with Crippen molar-refractivity contribution in [2.75, 3.05) is 13.7 Å². The number of hydrazine groups is 1. The third kappa shape index (κ3) is 6.38. The molecule has 0 aromatic heterocycles. The average Bonchev–Trinajstić information content (AvgIpc) is 2.65. The summed E-state index contributed by atoms with van der Waals surface area (Å²) in [7, 11) is 1.52. The highest BCUT2D eigenvalue weighted by atomic mass is 79.9. The zero-order chi connectivity index (χ0) is 19.8. The van der Waals surface area contributed by atoms with E-state index in [2.05, 4.69) is 32.1 Å². The number of methoxy groups -OCH3 is 1. The van der Waals surface area contributed by atoms with Crippen LogP contribution in [0.15, 0.2) is 46.9 Å². The summed E-state index contributed by atoms with van der Waals surface area (Å²) in [5.74, 6) is 0.0319. The Morgan fingerprint density at radius 3 is 2.56 bits per heavy atom. The molecule has 2 rings (SSSR count). The van der Waals surface area contributed by atoms with E-state index in [1.807, 2.05) is 0 Å². The predicted molar refractivity (Wildman–Crippen MR) is 109 cm³/mol. The Morgan fingerprint density at radius 2 is 1.89 bits per heavy atom. The summed E-state index contributed by atoms with van der Waals surface area (Å²) < 4.78 is 11.0. The Kier molecular flexibility index (Phi) is 7.83. The lowest BCUT2D eigenvalue weighted by Crippen LogP contribution is -2.49. The number of ether oxygens (including phenoxy) is 2. The lowest BCUT2D eigenvalue weighted by atomic mass is 10.2. The molecule has 0 unspecified atom stereocenters. The van der Waals surface area contributed by atoms with E-state index in [4.69, 9.17) is 33.3 Å². The van der Waals surface area contributed by atoms with Crippen LogP contribution in [0.3, 0.4) is 0 Å². The molecule has 0 saturated heterocycles. The van der Waals surface area contributed by atoms with Gasteiger partial charge in [0.25, 0.3) is 11.8 Å². The first-order chi connectivity index (χ1) is 12.9. The Morgan fingerprint density at radius 1 is 1.15 bits per heavy atom. The van der Waals surface area contributed by atoms with Crippen LogP contribution in [-0.4, -0.2) is 30.6 Å². The minimum Gasteiger partial charge on any atom is -0.496 e. The van der Waals surface area contributed by atoms with Crippen LogP contribution in [0.4, 0.5) is 0 Å². The first-order valence-electron chi connectivity index (χ1n) is 7.51. The molecular formula is C17H15BrClN3O4S. The van der Waals surface area contributed by atoms with E-state index >= 15 is 0 Å². The van der Waals surface area contributed by atoms with E-state index in [1.165, 1.54) is 7.11 Å². The average molecular weight is 473 g/mol. The number of hydrogen-bond acceptors (Lipinski definition) is 5. The number of para-hydroxylation sites is 1. The minimum atomic E-state index is -0.501. The number of carbonyl (C=O) groups excluding carboxylic acids is 2. The van der Waals surface area contributed by atoms with Crippen LogP contribution >= 0.6 is 39.7 Å². The van der Waals surface area contributed by atoms with Gasteiger partial charge >= 0.3 is 0 Å². The summed E-state index contributed by atoms with van der Waals surface area (Å²) in [6.45, 7) is -0.279. The van der Waals surface area contributed by atoms with E-state index in [9.17, 15) is 9.59 Å². The van der Waals surface area contributed by atoms with Crippen molar-refractivity contribution in [2.45, 2.75) is 0 Å². The van der Waals surface area contributed by atoms with Crippen molar-refractivity contribution in [3.05, 3.63) is 57.5 Å². The number of amides is 2. The van der Waals surface area contributed by atoms with Crippen molar-refractivity contribution < 1.29 is 19.1 Å². The van der Waals surface area contributed by atoms with E-state index in [0.717, 1.165) is 0 Å². The number of thiocarbonyl (C=S) groups is 1. The van der Waals surface area contributed by atoms with Crippen LogP contribution in [0.2, 0.25) is 5.02 Å². The van der Waals surface area contributed by atoms with Gasteiger partial charge in [-0.15, -0.1) is 0 Å². The number of hydrogen-bond donors (Lipinski definition) is 3. The number of halogens is 2. The van der Waals surface area contributed by atoms with Crippen LogP contribution in [0.25, 0.3) is 0 Å². The molecule has 10 heteroatoms. The SMILES string of the molecule is COc1ccc(C(=O)NC(=S)NNC(=O)COc2ccccc2Cl)cc1Br. The van der Waals surface area contributed by atoms with E-state index in [1.54, 1.807) is 42.5 Å². The maximum Gasteiger partial charge on any atom is 0.276 e. The first-order valence-corrected chi connectivity index (χ1v) is 9.09. The van der Waals surface area contributed by atoms with Crippen LogP contribution in [0, 0.1) is 0 Å². The second-order valence-electron chi connectivity index (χ2n) is 5.02. The highest BCUT2D eigenvalue weighted by molar-refractivity contribution is 9.10. The fourth-order valence-corrected chi connectivity index (χ4v) is 2.76. The number of carbonyl (C=O) groups is 2. The molecule has 7 nitrogen and oxygen atoms in total. The van der Waals surface area contributed by atoms with E-state index in [-0.39, 0.29) is 11.7 Å². The second-order valence-corrected chi connectivity index (χ2v) is 6.69.